The summed E-state index contributed by atoms with van der Waals surface area (Å²) in [6, 6.07) is 15.6. The molecule has 2 N–H and O–H groups in total. The summed E-state index contributed by atoms with van der Waals surface area (Å²) < 4.78 is 26.3. The molecule has 0 heterocycles. The molecule has 0 radical (unpaired) electrons. The Hall–Kier alpha value is -2.05. The largest absolute Gasteiger partial charge is 0.355 e. The molecule has 0 aromatic heterocycles. The molecule has 0 spiro atoms. The van der Waals surface area contributed by atoms with E-state index < -0.39 is 10.0 Å². The molecule has 2 aromatic carbocycles. The fraction of sp³-hybridized carbons (Fsp3) is 0.188. The number of nitrogens with one attached hydrogen (secondary N) is 2. The molecule has 2 rings (SSSR count). The third-order valence-corrected chi connectivity index (χ3v) is 4.71. The average molecular weight is 353 g/mol. The summed E-state index contributed by atoms with van der Waals surface area (Å²) in [5.74, 6) is -0.469. The maximum atomic E-state index is 11.9. The van der Waals surface area contributed by atoms with Crippen LogP contribution in [0, 0.1) is 0 Å². The van der Waals surface area contributed by atoms with Gasteiger partial charge in [0, 0.05) is 17.3 Å². The lowest BCUT2D eigenvalue weighted by Crippen LogP contribution is -2.32. The number of benzene rings is 2. The molecule has 0 atom stereocenters. The Kier molecular flexibility index (Phi) is 6.01. The molecular weight excluding hydrogens is 336 g/mol. The van der Waals surface area contributed by atoms with Crippen LogP contribution in [0.15, 0.2) is 54.6 Å². The van der Waals surface area contributed by atoms with Gasteiger partial charge < -0.3 is 5.32 Å². The topological polar surface area (TPSA) is 75.3 Å². The predicted molar refractivity (Wildman–Crippen MR) is 92.0 cm³/mol. The first-order chi connectivity index (χ1) is 11.0. The number of anilines is 1. The average Bonchev–Trinajstić information content (AvgIpc) is 2.50. The Labute approximate surface area is 140 Å². The fourth-order valence-electron chi connectivity index (χ4n) is 1.94. The van der Waals surface area contributed by atoms with Gasteiger partial charge in [0.05, 0.1) is 12.2 Å². The van der Waals surface area contributed by atoms with Crippen LogP contribution in [0.2, 0.25) is 5.02 Å². The zero-order valence-electron chi connectivity index (χ0n) is 12.3. The molecule has 122 valence electrons. The van der Waals surface area contributed by atoms with Crippen molar-refractivity contribution in [2.24, 2.45) is 0 Å². The van der Waals surface area contributed by atoms with Gasteiger partial charge in [-0.2, -0.15) is 0 Å². The highest BCUT2D eigenvalue weighted by molar-refractivity contribution is 7.92. The lowest BCUT2D eigenvalue weighted by Gasteiger charge is -2.09. The van der Waals surface area contributed by atoms with Crippen molar-refractivity contribution in [1.82, 2.24) is 5.32 Å². The summed E-state index contributed by atoms with van der Waals surface area (Å²) in [7, 11) is -3.50. The van der Waals surface area contributed by atoms with Gasteiger partial charge in [-0.15, -0.1) is 0 Å². The summed E-state index contributed by atoms with van der Waals surface area (Å²) in [6.07, 6.45) is 0.117. The van der Waals surface area contributed by atoms with Crippen LogP contribution in [0.1, 0.15) is 5.56 Å². The number of para-hydroxylation sites is 1. The van der Waals surface area contributed by atoms with Gasteiger partial charge >= 0.3 is 0 Å². The SMILES string of the molecule is O=C(Cc1ccccc1Cl)NCCS(=O)(=O)Nc1ccccc1. The number of amides is 1. The standard InChI is InChI=1S/C16H17ClN2O3S/c17-15-9-5-4-6-13(15)12-16(20)18-10-11-23(21,22)19-14-7-2-1-3-8-14/h1-9,19H,10-12H2,(H,18,20). The number of sulfonamides is 1. The van der Waals surface area contributed by atoms with E-state index in [0.717, 1.165) is 0 Å². The van der Waals surface area contributed by atoms with Crippen LogP contribution in [0.3, 0.4) is 0 Å². The third-order valence-electron chi connectivity index (χ3n) is 3.05. The van der Waals surface area contributed by atoms with Crippen molar-refractivity contribution in [2.45, 2.75) is 6.42 Å². The molecule has 0 aliphatic rings. The number of hydrogen-bond donors (Lipinski definition) is 2. The molecule has 0 saturated carbocycles. The molecule has 2 aromatic rings. The first kappa shape index (κ1) is 17.3. The summed E-state index contributed by atoms with van der Waals surface area (Å²) in [4.78, 5) is 11.8. The lowest BCUT2D eigenvalue weighted by atomic mass is 10.1. The van der Waals surface area contributed by atoms with E-state index in [-0.39, 0.29) is 24.6 Å². The molecule has 0 saturated heterocycles. The van der Waals surface area contributed by atoms with Crippen molar-refractivity contribution in [3.8, 4) is 0 Å². The van der Waals surface area contributed by atoms with Crippen LogP contribution in [0.25, 0.3) is 0 Å². The van der Waals surface area contributed by atoms with Crippen molar-refractivity contribution >= 4 is 33.2 Å². The van der Waals surface area contributed by atoms with Crippen LogP contribution in [-0.2, 0) is 21.2 Å². The van der Waals surface area contributed by atoms with Crippen molar-refractivity contribution in [2.75, 3.05) is 17.0 Å². The number of carbonyl (C=O) groups excluding carboxylic acids is 1. The summed E-state index contributed by atoms with van der Waals surface area (Å²) >= 11 is 5.98. The van der Waals surface area contributed by atoms with E-state index >= 15 is 0 Å². The van der Waals surface area contributed by atoms with Crippen molar-refractivity contribution < 1.29 is 13.2 Å². The van der Waals surface area contributed by atoms with Gasteiger partial charge in [0.2, 0.25) is 15.9 Å². The van der Waals surface area contributed by atoms with Crippen LogP contribution in [0.4, 0.5) is 5.69 Å². The Morgan fingerprint density at radius 2 is 1.65 bits per heavy atom. The number of rotatable bonds is 7. The second-order valence-electron chi connectivity index (χ2n) is 4.91. The van der Waals surface area contributed by atoms with Crippen molar-refractivity contribution in [1.29, 1.82) is 0 Å². The zero-order chi connectivity index (χ0) is 16.7. The van der Waals surface area contributed by atoms with Gasteiger partial charge in [-0.1, -0.05) is 48.0 Å². The Balaban J connectivity index is 1.80. The van der Waals surface area contributed by atoms with E-state index in [0.29, 0.717) is 16.3 Å². The minimum absolute atomic E-state index is 0.0332. The monoisotopic (exact) mass is 352 g/mol. The van der Waals surface area contributed by atoms with Crippen LogP contribution >= 0.6 is 11.6 Å². The molecule has 7 heteroatoms. The van der Waals surface area contributed by atoms with E-state index in [1.54, 1.807) is 54.6 Å². The smallest absolute Gasteiger partial charge is 0.234 e. The van der Waals surface area contributed by atoms with Crippen LogP contribution < -0.4 is 10.0 Å². The maximum Gasteiger partial charge on any atom is 0.234 e. The van der Waals surface area contributed by atoms with E-state index in [1.165, 1.54) is 0 Å². The highest BCUT2D eigenvalue weighted by Gasteiger charge is 2.12. The molecule has 1 amide bonds. The Morgan fingerprint density at radius 1 is 1.00 bits per heavy atom. The first-order valence-corrected chi connectivity index (χ1v) is 9.05. The second kappa shape index (κ2) is 7.99. The Morgan fingerprint density at radius 3 is 2.35 bits per heavy atom. The van der Waals surface area contributed by atoms with Gasteiger partial charge in [0.1, 0.15) is 0 Å². The van der Waals surface area contributed by atoms with Gasteiger partial charge in [-0.05, 0) is 23.8 Å². The van der Waals surface area contributed by atoms with Crippen LogP contribution in [-0.4, -0.2) is 26.6 Å². The lowest BCUT2D eigenvalue weighted by molar-refractivity contribution is -0.120. The summed E-state index contributed by atoms with van der Waals surface area (Å²) in [5, 5.41) is 3.10. The van der Waals surface area contributed by atoms with E-state index in [4.69, 9.17) is 11.6 Å². The highest BCUT2D eigenvalue weighted by atomic mass is 35.5. The molecule has 0 unspecified atom stereocenters. The predicted octanol–water partition coefficient (Wildman–Crippen LogP) is 2.44. The molecule has 0 aliphatic heterocycles. The first-order valence-electron chi connectivity index (χ1n) is 7.02. The normalized spacial score (nSPS) is 11.0. The minimum Gasteiger partial charge on any atom is -0.355 e. The van der Waals surface area contributed by atoms with Gasteiger partial charge in [-0.3, -0.25) is 9.52 Å². The van der Waals surface area contributed by atoms with Gasteiger partial charge in [0.15, 0.2) is 0 Å². The summed E-state index contributed by atoms with van der Waals surface area (Å²) in [6.45, 7) is 0.0332. The fourth-order valence-corrected chi connectivity index (χ4v) is 3.11. The summed E-state index contributed by atoms with van der Waals surface area (Å²) in [5.41, 5.74) is 1.20. The molecule has 0 fully saturated rings. The Bertz CT molecular complexity index is 764. The highest BCUT2D eigenvalue weighted by Crippen LogP contribution is 2.15. The molecule has 0 aliphatic carbocycles. The maximum absolute atomic E-state index is 11.9. The quantitative estimate of drug-likeness (QED) is 0.803. The number of hydrogen-bond acceptors (Lipinski definition) is 3. The minimum atomic E-state index is -3.50. The van der Waals surface area contributed by atoms with E-state index in [2.05, 4.69) is 10.0 Å². The molecular formula is C16H17ClN2O3S. The van der Waals surface area contributed by atoms with Gasteiger partial charge in [0.25, 0.3) is 0 Å². The number of carbonyl (C=O) groups is 1. The van der Waals surface area contributed by atoms with E-state index in [1.807, 2.05) is 0 Å². The second-order valence-corrected chi connectivity index (χ2v) is 7.15. The molecule has 5 nitrogen and oxygen atoms in total. The zero-order valence-corrected chi connectivity index (χ0v) is 13.9. The van der Waals surface area contributed by atoms with E-state index in [9.17, 15) is 13.2 Å². The molecule has 0 bridgehead atoms. The van der Waals surface area contributed by atoms with Crippen molar-refractivity contribution in [3.63, 3.8) is 0 Å². The molecule has 23 heavy (non-hydrogen) atoms. The number of halogens is 1. The van der Waals surface area contributed by atoms with Crippen molar-refractivity contribution in [3.05, 3.63) is 65.2 Å². The van der Waals surface area contributed by atoms with Crippen LogP contribution in [0.5, 0.6) is 0 Å². The van der Waals surface area contributed by atoms with Gasteiger partial charge in [-0.25, -0.2) is 8.42 Å². The third kappa shape index (κ3) is 5.92.